The van der Waals surface area contributed by atoms with Gasteiger partial charge >= 0.3 is 12.1 Å². The highest BCUT2D eigenvalue weighted by Gasteiger charge is 2.51. The maximum atomic E-state index is 12.6. The van der Waals surface area contributed by atoms with Crippen molar-refractivity contribution in [2.24, 2.45) is 5.92 Å². The highest BCUT2D eigenvalue weighted by atomic mass is 19.4. The molecule has 0 aliphatic heterocycles. The molecule has 2 aliphatic rings. The van der Waals surface area contributed by atoms with E-state index in [4.69, 9.17) is 4.74 Å². The molecule has 7 heteroatoms. The molecule has 0 saturated heterocycles. The van der Waals surface area contributed by atoms with E-state index in [0.717, 1.165) is 42.4 Å². The van der Waals surface area contributed by atoms with Crippen LogP contribution in [-0.2, 0) is 23.0 Å². The molecule has 2 N–H and O–H groups in total. The fourth-order valence-electron chi connectivity index (χ4n) is 5.88. The molecule has 0 bridgehead atoms. The van der Waals surface area contributed by atoms with Gasteiger partial charge in [-0.2, -0.15) is 13.2 Å². The van der Waals surface area contributed by atoms with E-state index in [1.54, 1.807) is 12.1 Å². The van der Waals surface area contributed by atoms with Crippen molar-refractivity contribution in [2.75, 3.05) is 13.2 Å². The molecule has 2 aliphatic carbocycles. The van der Waals surface area contributed by atoms with E-state index in [9.17, 15) is 28.2 Å². The number of hydrogen-bond donors (Lipinski definition) is 2. The predicted octanol–water partition coefficient (Wildman–Crippen LogP) is 5.31. The number of ether oxygens (including phenoxy) is 1. The monoisotopic (exact) mass is 462 g/mol. The summed E-state index contributed by atoms with van der Waals surface area (Å²) in [5.74, 6) is -0.918. The molecule has 1 fully saturated rings. The molecule has 1 saturated carbocycles. The summed E-state index contributed by atoms with van der Waals surface area (Å²) in [6.07, 6.45) is -0.0264. The van der Waals surface area contributed by atoms with Gasteiger partial charge in [0.1, 0.15) is 6.61 Å². The topological polar surface area (TPSA) is 66.8 Å². The molecular formula is C26H29F3O4. The first-order valence-electron chi connectivity index (χ1n) is 11.4. The lowest BCUT2D eigenvalue weighted by Crippen LogP contribution is -2.51. The van der Waals surface area contributed by atoms with Crippen LogP contribution in [0.2, 0.25) is 0 Å². The molecule has 4 rings (SSSR count). The summed E-state index contributed by atoms with van der Waals surface area (Å²) in [5.41, 5.74) is 1.91. The number of alkyl halides is 3. The fraction of sp³-hybridized carbons (Fsp3) is 0.500. The van der Waals surface area contributed by atoms with Crippen molar-refractivity contribution in [1.29, 1.82) is 0 Å². The smallest absolute Gasteiger partial charge is 0.411 e. The van der Waals surface area contributed by atoms with Crippen LogP contribution in [0.25, 0.3) is 0 Å². The summed E-state index contributed by atoms with van der Waals surface area (Å²) in [7, 11) is 0. The van der Waals surface area contributed by atoms with Gasteiger partial charge in [0.05, 0.1) is 17.8 Å². The van der Waals surface area contributed by atoms with Crippen molar-refractivity contribution in [3.8, 4) is 0 Å². The number of rotatable bonds is 6. The Morgan fingerprint density at radius 1 is 1.12 bits per heavy atom. The molecule has 2 aromatic carbocycles. The zero-order chi connectivity index (χ0) is 23.7. The largest absolute Gasteiger partial charge is 0.478 e. The molecular weight excluding hydrogens is 433 g/mol. The van der Waals surface area contributed by atoms with Crippen molar-refractivity contribution < 1.29 is 32.9 Å². The third kappa shape index (κ3) is 5.25. The first kappa shape index (κ1) is 23.8. The summed E-state index contributed by atoms with van der Waals surface area (Å²) in [4.78, 5) is 11.6. The molecule has 0 aromatic heterocycles. The highest BCUT2D eigenvalue weighted by molar-refractivity contribution is 5.88. The molecule has 0 radical (unpaired) electrons. The van der Waals surface area contributed by atoms with Crippen LogP contribution in [0.1, 0.15) is 59.2 Å². The summed E-state index contributed by atoms with van der Waals surface area (Å²) >= 11 is 0. The lowest BCUT2D eigenvalue weighted by molar-refractivity contribution is -0.192. The van der Waals surface area contributed by atoms with Crippen molar-refractivity contribution >= 4 is 5.97 Å². The zero-order valence-electron chi connectivity index (χ0n) is 18.4. The summed E-state index contributed by atoms with van der Waals surface area (Å²) in [5, 5.41) is 20.6. The van der Waals surface area contributed by atoms with Crippen LogP contribution in [0.15, 0.2) is 48.5 Å². The van der Waals surface area contributed by atoms with Crippen LogP contribution in [0, 0.1) is 5.92 Å². The molecule has 2 aromatic rings. The molecule has 3 atom stereocenters. The van der Waals surface area contributed by atoms with E-state index in [-0.39, 0.29) is 23.5 Å². The second-order valence-electron chi connectivity index (χ2n) is 9.62. The van der Waals surface area contributed by atoms with E-state index >= 15 is 0 Å². The Morgan fingerprint density at radius 2 is 1.88 bits per heavy atom. The van der Waals surface area contributed by atoms with Crippen LogP contribution in [0.4, 0.5) is 13.2 Å². The minimum absolute atomic E-state index is 0.0443. The Morgan fingerprint density at radius 3 is 2.58 bits per heavy atom. The number of carboxylic acid groups (broad SMARTS) is 1. The Bertz CT molecular complexity index is 991. The molecule has 4 nitrogen and oxygen atoms in total. The van der Waals surface area contributed by atoms with E-state index < -0.39 is 24.4 Å². The molecule has 0 heterocycles. The number of aryl methyl sites for hydroxylation is 1. The van der Waals surface area contributed by atoms with Crippen molar-refractivity contribution in [2.45, 2.75) is 62.1 Å². The van der Waals surface area contributed by atoms with Gasteiger partial charge in [-0.25, -0.2) is 4.79 Å². The lowest BCUT2D eigenvalue weighted by Gasteiger charge is -2.50. The number of hydrogen-bond acceptors (Lipinski definition) is 3. The number of halogens is 3. The highest BCUT2D eigenvalue weighted by Crippen LogP contribution is 2.53. The van der Waals surface area contributed by atoms with Gasteiger partial charge in [-0.05, 0) is 79.7 Å². The van der Waals surface area contributed by atoms with Crippen LogP contribution >= 0.6 is 0 Å². The number of fused-ring (bicyclic) bond motifs is 3. The summed E-state index contributed by atoms with van der Waals surface area (Å²) in [6.45, 7) is -1.70. The standard InChI is InChI=1S/C26H29F3O4/c27-26(28,29)17-33-16-24(32)11-12-25(14-18-5-2-1-3-6-18)21(15-24)8-4-7-19-13-20(23(30)31)9-10-22(19)25/h1-3,5-6,9-10,13,21,32H,4,7-8,11-12,14-17H2,(H,30,31)/t21-,24+,25-/m1/s1. The minimum Gasteiger partial charge on any atom is -0.478 e. The third-order valence-electron chi connectivity index (χ3n) is 7.33. The van der Waals surface area contributed by atoms with Gasteiger partial charge in [0.25, 0.3) is 0 Å². The van der Waals surface area contributed by atoms with Crippen LogP contribution in [-0.4, -0.2) is 41.2 Å². The Balaban J connectivity index is 1.68. The summed E-state index contributed by atoms with van der Waals surface area (Å²) < 4.78 is 42.6. The van der Waals surface area contributed by atoms with Gasteiger partial charge in [-0.15, -0.1) is 0 Å². The van der Waals surface area contributed by atoms with Crippen LogP contribution < -0.4 is 0 Å². The SMILES string of the molecule is O=C(O)c1ccc2c(c1)CCC[C@@H]1C[C@](O)(COCC(F)(F)F)CC[C@]21Cc1ccccc1. The van der Waals surface area contributed by atoms with Gasteiger partial charge in [0.2, 0.25) is 0 Å². The maximum absolute atomic E-state index is 12.6. The van der Waals surface area contributed by atoms with Crippen molar-refractivity contribution in [3.63, 3.8) is 0 Å². The zero-order valence-corrected chi connectivity index (χ0v) is 18.4. The maximum Gasteiger partial charge on any atom is 0.411 e. The van der Waals surface area contributed by atoms with Crippen LogP contribution in [0.5, 0.6) is 0 Å². The van der Waals surface area contributed by atoms with Gasteiger partial charge in [-0.3, -0.25) is 0 Å². The van der Waals surface area contributed by atoms with E-state index in [2.05, 4.69) is 12.1 Å². The molecule has 0 spiro atoms. The third-order valence-corrected chi connectivity index (χ3v) is 7.33. The van der Waals surface area contributed by atoms with Crippen molar-refractivity contribution in [3.05, 3.63) is 70.8 Å². The number of carbonyl (C=O) groups is 1. The van der Waals surface area contributed by atoms with Gasteiger partial charge in [-0.1, -0.05) is 36.4 Å². The number of aromatic carboxylic acids is 1. The number of carboxylic acids is 1. The molecule has 33 heavy (non-hydrogen) atoms. The quantitative estimate of drug-likeness (QED) is 0.611. The molecule has 0 unspecified atom stereocenters. The molecule has 178 valence electrons. The number of aliphatic hydroxyl groups is 1. The average Bonchev–Trinajstić information content (AvgIpc) is 2.90. The van der Waals surface area contributed by atoms with Gasteiger partial charge in [0, 0.05) is 5.41 Å². The Kier molecular flexibility index (Phi) is 6.56. The van der Waals surface area contributed by atoms with Crippen LogP contribution in [0.3, 0.4) is 0 Å². The first-order valence-corrected chi connectivity index (χ1v) is 11.4. The van der Waals surface area contributed by atoms with Crippen molar-refractivity contribution in [1.82, 2.24) is 0 Å². The average molecular weight is 463 g/mol. The Hall–Kier alpha value is -2.38. The fourth-order valence-corrected chi connectivity index (χ4v) is 5.88. The first-order chi connectivity index (χ1) is 15.6. The van der Waals surface area contributed by atoms with E-state index in [0.29, 0.717) is 19.3 Å². The minimum atomic E-state index is -4.43. The van der Waals surface area contributed by atoms with Gasteiger partial charge < -0.3 is 14.9 Å². The number of benzene rings is 2. The summed E-state index contributed by atoms with van der Waals surface area (Å²) in [6, 6.07) is 15.4. The van der Waals surface area contributed by atoms with Gasteiger partial charge in [0.15, 0.2) is 0 Å². The second-order valence-corrected chi connectivity index (χ2v) is 9.62. The molecule has 0 amide bonds. The Labute approximate surface area is 191 Å². The van der Waals surface area contributed by atoms with E-state index in [1.807, 2.05) is 24.3 Å². The van der Waals surface area contributed by atoms with E-state index in [1.165, 1.54) is 0 Å². The lowest BCUT2D eigenvalue weighted by atomic mass is 9.56. The predicted molar refractivity (Wildman–Crippen MR) is 117 cm³/mol. The normalized spacial score (nSPS) is 27.3. The second kappa shape index (κ2) is 9.11.